The van der Waals surface area contributed by atoms with Crippen molar-refractivity contribution in [3.05, 3.63) is 70.4 Å². The Balaban J connectivity index is 1.66. The van der Waals surface area contributed by atoms with Crippen LogP contribution in [0.5, 0.6) is 0 Å². The van der Waals surface area contributed by atoms with E-state index in [1.165, 1.54) is 28.2 Å². The van der Waals surface area contributed by atoms with Crippen molar-refractivity contribution >= 4 is 29.3 Å². The van der Waals surface area contributed by atoms with Gasteiger partial charge < -0.3 is 4.90 Å². The van der Waals surface area contributed by atoms with E-state index in [-0.39, 0.29) is 24.1 Å². The first-order valence-corrected chi connectivity index (χ1v) is 12.1. The molecule has 1 aromatic carbocycles. The summed E-state index contributed by atoms with van der Waals surface area (Å²) in [6.07, 6.45) is 4.68. The number of amides is 1. The van der Waals surface area contributed by atoms with Gasteiger partial charge in [-0.05, 0) is 73.3 Å². The lowest BCUT2D eigenvalue weighted by molar-refractivity contribution is -0.0329. The maximum absolute atomic E-state index is 13.6. The van der Waals surface area contributed by atoms with Crippen LogP contribution in [0.25, 0.3) is 5.82 Å². The number of nitrogens with zero attached hydrogens (tertiary/aromatic N) is 6. The summed E-state index contributed by atoms with van der Waals surface area (Å²) in [4.78, 5) is 23.4. The maximum Gasteiger partial charge on any atom is 0.441 e. The summed E-state index contributed by atoms with van der Waals surface area (Å²) >= 11 is 6.07. The fourth-order valence-electron chi connectivity index (χ4n) is 3.71. The summed E-state index contributed by atoms with van der Waals surface area (Å²) in [5.41, 5.74) is -2.80. The van der Waals surface area contributed by atoms with Gasteiger partial charge in [0.05, 0.1) is 11.6 Å². The summed E-state index contributed by atoms with van der Waals surface area (Å²) in [6, 6.07) is 9.48. The second-order valence-electron chi connectivity index (χ2n) is 8.06. The Bertz CT molecular complexity index is 1250. The molecule has 1 aliphatic carbocycles. The minimum atomic E-state index is -4.42. The molecule has 35 heavy (non-hydrogen) atoms. The van der Waals surface area contributed by atoms with Crippen LogP contribution in [-0.2, 0) is 0 Å². The number of rotatable bonds is 8. The minimum absolute atomic E-state index is 0.177. The van der Waals surface area contributed by atoms with Crippen LogP contribution in [0.4, 0.5) is 13.2 Å². The number of carbonyl (C=O) groups is 1. The largest absolute Gasteiger partial charge is 0.441 e. The highest BCUT2D eigenvalue weighted by Crippen LogP contribution is 2.41. The zero-order valence-corrected chi connectivity index (χ0v) is 20.1. The Morgan fingerprint density at radius 3 is 2.71 bits per heavy atom. The first-order valence-electron chi connectivity index (χ1n) is 10.7. The summed E-state index contributed by atoms with van der Waals surface area (Å²) in [5, 5.41) is 13.6. The van der Waals surface area contributed by atoms with Gasteiger partial charge in [0.25, 0.3) is 5.91 Å². The van der Waals surface area contributed by atoms with Crippen molar-refractivity contribution in [3.63, 3.8) is 0 Å². The van der Waals surface area contributed by atoms with Crippen LogP contribution in [0, 0.1) is 11.3 Å². The first kappa shape index (κ1) is 25.0. The van der Waals surface area contributed by atoms with Gasteiger partial charge in [0, 0.05) is 29.1 Å². The highest BCUT2D eigenvalue weighted by molar-refractivity contribution is 8.00. The minimum Gasteiger partial charge on any atom is -0.328 e. The molecule has 0 N–H and O–H groups in total. The Labute approximate surface area is 208 Å². The molecule has 182 valence electrons. The molecule has 1 atom stereocenters. The zero-order chi connectivity index (χ0) is 25.2. The summed E-state index contributed by atoms with van der Waals surface area (Å²) in [6.45, 7) is 1.50. The number of hydrogen-bond acceptors (Lipinski definition) is 6. The molecule has 0 spiro atoms. The number of alkyl halides is 3. The molecule has 2 heterocycles. The van der Waals surface area contributed by atoms with E-state index in [1.807, 2.05) is 12.1 Å². The fourth-order valence-corrected chi connectivity index (χ4v) is 4.48. The van der Waals surface area contributed by atoms with Crippen molar-refractivity contribution in [1.82, 2.24) is 24.6 Å². The molecule has 1 aliphatic rings. The predicted molar refractivity (Wildman–Crippen MR) is 125 cm³/mol. The summed E-state index contributed by atoms with van der Waals surface area (Å²) < 4.78 is 39.9. The van der Waals surface area contributed by atoms with E-state index in [0.717, 1.165) is 18.4 Å². The molecule has 12 heteroatoms. The van der Waals surface area contributed by atoms with Crippen LogP contribution < -0.4 is 0 Å². The number of hydrogen-bond donors (Lipinski definition) is 0. The third-order valence-electron chi connectivity index (χ3n) is 5.58. The second-order valence-corrected chi connectivity index (χ2v) is 9.66. The predicted octanol–water partition coefficient (Wildman–Crippen LogP) is 5.52. The molecule has 1 unspecified atom stereocenters. The van der Waals surface area contributed by atoms with Gasteiger partial charge in [0.1, 0.15) is 12.4 Å². The lowest BCUT2D eigenvalue weighted by atomic mass is 10.1. The van der Waals surface area contributed by atoms with Crippen molar-refractivity contribution in [3.8, 4) is 11.9 Å². The van der Waals surface area contributed by atoms with Crippen LogP contribution in [-0.4, -0.2) is 48.4 Å². The van der Waals surface area contributed by atoms with E-state index < -0.39 is 17.5 Å². The molecule has 0 saturated heterocycles. The van der Waals surface area contributed by atoms with Crippen molar-refractivity contribution in [2.24, 2.45) is 0 Å². The van der Waals surface area contributed by atoms with Gasteiger partial charge in [-0.3, -0.25) is 4.79 Å². The van der Waals surface area contributed by atoms with Gasteiger partial charge in [-0.2, -0.15) is 28.2 Å². The molecule has 0 bridgehead atoms. The van der Waals surface area contributed by atoms with Crippen molar-refractivity contribution in [2.75, 3.05) is 12.3 Å². The van der Waals surface area contributed by atoms with E-state index in [0.29, 0.717) is 33.7 Å². The number of nitriles is 1. The summed E-state index contributed by atoms with van der Waals surface area (Å²) in [7, 11) is 0. The molecule has 0 aliphatic heterocycles. The Kier molecular flexibility index (Phi) is 7.33. The quantitative estimate of drug-likeness (QED) is 0.388. The zero-order valence-electron chi connectivity index (χ0n) is 18.5. The molecule has 4 rings (SSSR count). The third-order valence-corrected chi connectivity index (χ3v) is 6.52. The average Bonchev–Trinajstić information content (AvgIpc) is 3.56. The molecule has 1 saturated carbocycles. The van der Waals surface area contributed by atoms with Crippen LogP contribution in [0.2, 0.25) is 5.02 Å². The van der Waals surface area contributed by atoms with Crippen LogP contribution in [0.3, 0.4) is 0 Å². The van der Waals surface area contributed by atoms with Crippen molar-refractivity contribution in [2.45, 2.75) is 37.2 Å². The van der Waals surface area contributed by atoms with Gasteiger partial charge in [-0.1, -0.05) is 11.6 Å². The van der Waals surface area contributed by atoms with E-state index >= 15 is 0 Å². The van der Waals surface area contributed by atoms with E-state index in [1.54, 1.807) is 25.1 Å². The molecule has 1 amide bonds. The molecule has 0 radical (unpaired) electrons. The highest BCUT2D eigenvalue weighted by atomic mass is 35.5. The maximum atomic E-state index is 13.6. The molecular formula is C23H20ClF3N6OS. The van der Waals surface area contributed by atoms with Gasteiger partial charge in [0.2, 0.25) is 0 Å². The highest BCUT2D eigenvalue weighted by Gasteiger charge is 2.32. The monoisotopic (exact) mass is 520 g/mol. The fraction of sp³-hybridized carbons (Fsp3) is 0.348. The number of halogens is 4. The number of carbonyl (C=O) groups excluding carboxylic acids is 1. The SMILES string of the molecule is CC(c1ncnn1-c1ccc(C#N)cn1)N(CCSC(F)(F)F)C(=O)c1cc(Cl)cc(C2CC2)c1. The van der Waals surface area contributed by atoms with E-state index in [4.69, 9.17) is 16.9 Å². The Morgan fingerprint density at radius 2 is 2.09 bits per heavy atom. The molecular weight excluding hydrogens is 501 g/mol. The Hall–Kier alpha value is -3.10. The van der Waals surface area contributed by atoms with Gasteiger partial charge in [0.15, 0.2) is 11.6 Å². The average molecular weight is 521 g/mol. The van der Waals surface area contributed by atoms with E-state index in [2.05, 4.69) is 15.1 Å². The first-order chi connectivity index (χ1) is 16.7. The van der Waals surface area contributed by atoms with E-state index in [9.17, 15) is 18.0 Å². The van der Waals surface area contributed by atoms with Crippen LogP contribution >= 0.6 is 23.4 Å². The number of pyridine rings is 1. The van der Waals surface area contributed by atoms with Gasteiger partial charge >= 0.3 is 5.51 Å². The smallest absolute Gasteiger partial charge is 0.328 e. The van der Waals surface area contributed by atoms with Crippen molar-refractivity contribution in [1.29, 1.82) is 5.26 Å². The molecule has 2 aromatic heterocycles. The summed E-state index contributed by atoms with van der Waals surface area (Å²) in [5.74, 6) is 0.222. The molecule has 7 nitrogen and oxygen atoms in total. The van der Waals surface area contributed by atoms with Gasteiger partial charge in [-0.25, -0.2) is 9.97 Å². The standard InChI is InChI=1S/C23H20ClF3N6OS/c1-14(21-30-13-31-33(21)20-5-2-15(11-28)12-29-20)32(6-7-35-23(25,26)27)22(34)18-8-17(16-3-4-16)9-19(24)10-18/h2,5,8-10,12-14,16H,3-4,6-7H2,1H3. The number of benzene rings is 1. The van der Waals surface area contributed by atoms with Crippen LogP contribution in [0.15, 0.2) is 42.9 Å². The van der Waals surface area contributed by atoms with Gasteiger partial charge in [-0.15, -0.1) is 0 Å². The number of aromatic nitrogens is 4. The second kappa shape index (κ2) is 10.3. The normalized spacial score (nSPS) is 14.4. The van der Waals surface area contributed by atoms with Crippen LogP contribution in [0.1, 0.15) is 59.0 Å². The molecule has 3 aromatic rings. The lowest BCUT2D eigenvalue weighted by Crippen LogP contribution is -2.37. The Morgan fingerprint density at radius 1 is 1.31 bits per heavy atom. The topological polar surface area (TPSA) is 87.7 Å². The van der Waals surface area contributed by atoms with Crippen molar-refractivity contribution < 1.29 is 18.0 Å². The molecule has 1 fully saturated rings. The third kappa shape index (κ3) is 6.13. The number of thioether (sulfide) groups is 1. The lowest BCUT2D eigenvalue weighted by Gasteiger charge is -2.29.